The van der Waals surface area contributed by atoms with Crippen LogP contribution in [-0.4, -0.2) is 7.11 Å². The van der Waals surface area contributed by atoms with Crippen molar-refractivity contribution in [1.29, 1.82) is 0 Å². The van der Waals surface area contributed by atoms with Crippen molar-refractivity contribution in [3.63, 3.8) is 0 Å². The van der Waals surface area contributed by atoms with Crippen molar-refractivity contribution in [2.45, 2.75) is 3.92 Å². The van der Waals surface area contributed by atoms with Gasteiger partial charge in [0.15, 0.2) is 0 Å². The number of rotatable bonds is 1. The van der Waals surface area contributed by atoms with Gasteiger partial charge in [-0.15, -0.1) is 11.3 Å². The van der Waals surface area contributed by atoms with E-state index in [1.165, 1.54) is 16.0 Å². The van der Waals surface area contributed by atoms with Crippen molar-refractivity contribution in [3.8, 4) is 27.3 Å². The van der Waals surface area contributed by atoms with Gasteiger partial charge < -0.3 is 4.74 Å². The Labute approximate surface area is 145 Å². The summed E-state index contributed by atoms with van der Waals surface area (Å²) in [5, 5.41) is 2.07. The average Bonchev–Trinajstić information content (AvgIpc) is 2.99. The Morgan fingerprint density at radius 3 is 2.68 bits per heavy atom. The van der Waals surface area contributed by atoms with Crippen molar-refractivity contribution in [2.75, 3.05) is 7.11 Å². The standard InChI is InChI=1S/C18H12FIOS/c1-21-11-3-5-13-16(9-11)17(20)12-4-2-10(19)8-15(12)14-6-7-22-18(13)14/h2-9,17H,1H3. The third-order valence-electron chi connectivity index (χ3n) is 4.02. The van der Waals surface area contributed by atoms with Gasteiger partial charge in [0.1, 0.15) is 11.6 Å². The molecule has 1 unspecified atom stereocenters. The van der Waals surface area contributed by atoms with Gasteiger partial charge in [-0.05, 0) is 64.0 Å². The molecule has 1 atom stereocenters. The van der Waals surface area contributed by atoms with Crippen LogP contribution in [0.25, 0.3) is 21.6 Å². The average molecular weight is 422 g/mol. The molecule has 0 N–H and O–H groups in total. The van der Waals surface area contributed by atoms with E-state index in [1.807, 2.05) is 12.1 Å². The van der Waals surface area contributed by atoms with Crippen molar-refractivity contribution in [3.05, 3.63) is 64.8 Å². The van der Waals surface area contributed by atoms with Crippen LogP contribution in [0.5, 0.6) is 5.75 Å². The molecule has 110 valence electrons. The van der Waals surface area contributed by atoms with Gasteiger partial charge in [0.2, 0.25) is 0 Å². The molecule has 4 rings (SSSR count). The summed E-state index contributed by atoms with van der Waals surface area (Å²) in [4.78, 5) is 1.20. The molecule has 4 heteroatoms. The van der Waals surface area contributed by atoms with E-state index in [0.29, 0.717) is 0 Å². The van der Waals surface area contributed by atoms with E-state index in [1.54, 1.807) is 30.6 Å². The fraction of sp³-hybridized carbons (Fsp3) is 0.111. The van der Waals surface area contributed by atoms with Crippen LogP contribution >= 0.6 is 33.9 Å². The minimum Gasteiger partial charge on any atom is -0.497 e. The highest BCUT2D eigenvalue weighted by Gasteiger charge is 2.26. The Morgan fingerprint density at radius 2 is 1.86 bits per heavy atom. The van der Waals surface area contributed by atoms with Gasteiger partial charge in [0.05, 0.1) is 11.0 Å². The first kappa shape index (κ1) is 14.2. The maximum Gasteiger partial charge on any atom is 0.123 e. The van der Waals surface area contributed by atoms with Gasteiger partial charge in [-0.3, -0.25) is 0 Å². The molecule has 1 nitrogen and oxygen atoms in total. The van der Waals surface area contributed by atoms with Gasteiger partial charge in [-0.25, -0.2) is 4.39 Å². The number of thiophene rings is 1. The molecule has 1 aromatic heterocycles. The van der Waals surface area contributed by atoms with Gasteiger partial charge in [-0.2, -0.15) is 0 Å². The Balaban J connectivity index is 2.08. The fourth-order valence-corrected chi connectivity index (χ4v) is 4.98. The van der Waals surface area contributed by atoms with E-state index in [2.05, 4.69) is 46.2 Å². The number of methoxy groups -OCH3 is 1. The van der Waals surface area contributed by atoms with Crippen LogP contribution in [0.3, 0.4) is 0 Å². The zero-order valence-corrected chi connectivity index (χ0v) is 14.7. The third-order valence-corrected chi connectivity index (χ3v) is 6.31. The highest BCUT2D eigenvalue weighted by atomic mass is 127. The number of hydrogen-bond acceptors (Lipinski definition) is 2. The van der Waals surface area contributed by atoms with Gasteiger partial charge in [-0.1, -0.05) is 28.7 Å². The summed E-state index contributed by atoms with van der Waals surface area (Å²) in [5.41, 5.74) is 5.68. The van der Waals surface area contributed by atoms with E-state index < -0.39 is 0 Å². The topological polar surface area (TPSA) is 9.23 Å². The second-order valence-corrected chi connectivity index (χ2v) is 7.37. The highest BCUT2D eigenvalue weighted by molar-refractivity contribution is 14.1. The summed E-state index contributed by atoms with van der Waals surface area (Å²) in [7, 11) is 1.68. The Bertz CT molecular complexity index is 871. The number of hydrogen-bond donors (Lipinski definition) is 0. The lowest BCUT2D eigenvalue weighted by molar-refractivity contribution is 0.414. The van der Waals surface area contributed by atoms with Crippen LogP contribution in [0.2, 0.25) is 0 Å². The third kappa shape index (κ3) is 2.08. The zero-order valence-electron chi connectivity index (χ0n) is 11.8. The van der Waals surface area contributed by atoms with Gasteiger partial charge >= 0.3 is 0 Å². The zero-order chi connectivity index (χ0) is 15.3. The van der Waals surface area contributed by atoms with E-state index in [-0.39, 0.29) is 9.74 Å². The normalized spacial score (nSPS) is 15.5. The molecule has 0 fully saturated rings. The number of alkyl halides is 1. The first-order valence-electron chi connectivity index (χ1n) is 6.88. The monoisotopic (exact) mass is 422 g/mol. The molecule has 1 aliphatic rings. The second-order valence-electron chi connectivity index (χ2n) is 5.21. The molecular formula is C18H12FIOS. The molecule has 1 aliphatic carbocycles. The molecule has 2 aromatic carbocycles. The molecule has 0 saturated carbocycles. The number of benzene rings is 2. The van der Waals surface area contributed by atoms with Crippen molar-refractivity contribution < 1.29 is 9.13 Å². The van der Waals surface area contributed by atoms with Crippen LogP contribution in [0.4, 0.5) is 4.39 Å². The summed E-state index contributed by atoms with van der Waals surface area (Å²) < 4.78 is 19.3. The van der Waals surface area contributed by atoms with E-state index in [9.17, 15) is 4.39 Å². The van der Waals surface area contributed by atoms with Crippen LogP contribution in [0.1, 0.15) is 15.1 Å². The fourth-order valence-electron chi connectivity index (χ4n) is 2.96. The largest absolute Gasteiger partial charge is 0.497 e. The molecule has 0 radical (unpaired) electrons. The molecule has 0 spiro atoms. The highest BCUT2D eigenvalue weighted by Crippen LogP contribution is 2.50. The van der Waals surface area contributed by atoms with E-state index in [0.717, 1.165) is 22.4 Å². The van der Waals surface area contributed by atoms with Crippen LogP contribution in [0.15, 0.2) is 47.8 Å². The van der Waals surface area contributed by atoms with Crippen LogP contribution in [-0.2, 0) is 0 Å². The minimum absolute atomic E-state index is 0.165. The number of halogens is 2. The summed E-state index contributed by atoms with van der Waals surface area (Å²) >= 11 is 4.13. The van der Waals surface area contributed by atoms with E-state index in [4.69, 9.17) is 4.74 Å². The maximum atomic E-state index is 13.8. The smallest absolute Gasteiger partial charge is 0.123 e. The molecule has 3 aromatic rings. The molecule has 0 saturated heterocycles. The second kappa shape index (κ2) is 5.35. The summed E-state index contributed by atoms with van der Waals surface area (Å²) in [6.07, 6.45) is 0. The van der Waals surface area contributed by atoms with Crippen molar-refractivity contribution in [1.82, 2.24) is 0 Å². The Morgan fingerprint density at radius 1 is 1.00 bits per heavy atom. The van der Waals surface area contributed by atoms with Crippen molar-refractivity contribution >= 4 is 33.9 Å². The lowest BCUT2D eigenvalue weighted by Gasteiger charge is -2.15. The van der Waals surface area contributed by atoms with E-state index >= 15 is 0 Å². The first-order chi connectivity index (χ1) is 10.7. The van der Waals surface area contributed by atoms with Gasteiger partial charge in [0, 0.05) is 10.4 Å². The SMILES string of the molecule is COc1ccc2c(c1)C(I)c1ccc(F)cc1-c1ccsc1-2. The lowest BCUT2D eigenvalue weighted by atomic mass is 9.98. The Kier molecular flexibility index (Phi) is 3.46. The lowest BCUT2D eigenvalue weighted by Crippen LogP contribution is -1.96. The number of ether oxygens (including phenoxy) is 1. The van der Waals surface area contributed by atoms with Crippen LogP contribution < -0.4 is 4.74 Å². The molecule has 0 amide bonds. The predicted octanol–water partition coefficient (Wildman–Crippen LogP) is 6.07. The Hall–Kier alpha value is -1.40. The van der Waals surface area contributed by atoms with Crippen LogP contribution in [0, 0.1) is 5.82 Å². The summed E-state index contributed by atoms with van der Waals surface area (Å²) in [6, 6.07) is 13.4. The molecule has 22 heavy (non-hydrogen) atoms. The molecule has 1 heterocycles. The maximum absolute atomic E-state index is 13.8. The summed E-state index contributed by atoms with van der Waals surface area (Å²) in [6.45, 7) is 0. The number of fused-ring (bicyclic) bond motifs is 5. The van der Waals surface area contributed by atoms with Crippen molar-refractivity contribution in [2.24, 2.45) is 0 Å². The summed E-state index contributed by atoms with van der Waals surface area (Å²) in [5.74, 6) is 0.659. The van der Waals surface area contributed by atoms with Gasteiger partial charge in [0.25, 0.3) is 0 Å². The first-order valence-corrected chi connectivity index (χ1v) is 9.01. The molecular weight excluding hydrogens is 410 g/mol. The quantitative estimate of drug-likeness (QED) is 0.342. The molecule has 0 aliphatic heterocycles. The predicted molar refractivity (Wildman–Crippen MR) is 97.6 cm³/mol. The molecule has 0 bridgehead atoms. The minimum atomic E-state index is -0.192.